The Kier molecular flexibility index (Phi) is 4.82. The van der Waals surface area contributed by atoms with Crippen molar-refractivity contribution < 1.29 is 18.0 Å². The molecule has 2 aromatic heterocycles. The van der Waals surface area contributed by atoms with Crippen LogP contribution < -0.4 is 5.43 Å². The van der Waals surface area contributed by atoms with Crippen molar-refractivity contribution in [3.63, 3.8) is 0 Å². The van der Waals surface area contributed by atoms with Crippen LogP contribution in [0.5, 0.6) is 0 Å². The molecule has 0 aromatic carbocycles. The van der Waals surface area contributed by atoms with Crippen LogP contribution >= 0.6 is 0 Å². The number of nitrogens with zero attached hydrogens (tertiary/aromatic N) is 4. The normalized spacial score (nSPS) is 11.7. The van der Waals surface area contributed by atoms with Gasteiger partial charge >= 0.3 is 6.18 Å². The molecule has 0 aliphatic rings. The van der Waals surface area contributed by atoms with Gasteiger partial charge in [0.25, 0.3) is 0 Å². The minimum absolute atomic E-state index is 0.0181. The summed E-state index contributed by atoms with van der Waals surface area (Å²) in [5.74, 6) is -0.650. The molecule has 0 saturated heterocycles. The summed E-state index contributed by atoms with van der Waals surface area (Å²) >= 11 is 0. The van der Waals surface area contributed by atoms with E-state index in [1.807, 2.05) is 0 Å². The number of aromatic nitrogens is 3. The second-order valence-corrected chi connectivity index (χ2v) is 5.05. The molecule has 0 amide bonds. The van der Waals surface area contributed by atoms with Crippen molar-refractivity contribution in [2.75, 3.05) is 14.1 Å². The van der Waals surface area contributed by atoms with Gasteiger partial charge in [-0.2, -0.15) is 18.3 Å². The molecule has 0 spiro atoms. The third kappa shape index (κ3) is 4.06. The van der Waals surface area contributed by atoms with E-state index in [1.165, 1.54) is 12.4 Å². The Balaban J connectivity index is 2.45. The lowest BCUT2D eigenvalue weighted by molar-refractivity contribution is -0.137. The fraction of sp³-hybridized carbons (Fsp3) is 0.200. The monoisotopic (exact) mass is 338 g/mol. The molecule has 0 N–H and O–H groups in total. The van der Waals surface area contributed by atoms with Crippen LogP contribution in [-0.4, -0.2) is 39.5 Å². The van der Waals surface area contributed by atoms with Gasteiger partial charge in [-0.15, -0.1) is 0 Å². The first kappa shape index (κ1) is 17.4. The molecule has 0 aliphatic heterocycles. The largest absolute Gasteiger partial charge is 0.417 e. The number of alkyl halides is 3. The molecule has 0 fully saturated rings. The summed E-state index contributed by atoms with van der Waals surface area (Å²) in [6, 6.07) is 1.89. The topological polar surface area (TPSA) is 68.1 Å². The van der Waals surface area contributed by atoms with Crippen LogP contribution in [0.1, 0.15) is 16.1 Å². The van der Waals surface area contributed by atoms with Gasteiger partial charge in [-0.05, 0) is 6.07 Å². The Morgan fingerprint density at radius 3 is 2.62 bits per heavy atom. The van der Waals surface area contributed by atoms with E-state index in [4.69, 9.17) is 0 Å². The number of halogens is 3. The molecule has 0 bridgehead atoms. The summed E-state index contributed by atoms with van der Waals surface area (Å²) < 4.78 is 39.2. The SMILES string of the molecule is CN(C)/C=C/C(=O)c1nn(-c2cncc(C(F)(F)F)c2)ccc1=O. The van der Waals surface area contributed by atoms with E-state index in [1.54, 1.807) is 19.0 Å². The molecule has 24 heavy (non-hydrogen) atoms. The highest BCUT2D eigenvalue weighted by atomic mass is 19.4. The molecule has 2 aromatic rings. The molecule has 0 atom stereocenters. The molecule has 0 saturated carbocycles. The quantitative estimate of drug-likeness (QED) is 0.629. The van der Waals surface area contributed by atoms with E-state index in [0.29, 0.717) is 6.20 Å². The van der Waals surface area contributed by atoms with Gasteiger partial charge in [-0.3, -0.25) is 14.6 Å². The predicted molar refractivity (Wildman–Crippen MR) is 79.8 cm³/mol. The van der Waals surface area contributed by atoms with Gasteiger partial charge in [0, 0.05) is 44.8 Å². The number of hydrogen-bond donors (Lipinski definition) is 0. The fourth-order valence-corrected chi connectivity index (χ4v) is 1.73. The first-order chi connectivity index (χ1) is 11.2. The number of carbonyl (C=O) groups is 1. The summed E-state index contributed by atoms with van der Waals surface area (Å²) in [6.45, 7) is 0. The summed E-state index contributed by atoms with van der Waals surface area (Å²) in [7, 11) is 3.38. The standard InChI is InChI=1S/C15H13F3N4O2/c1-21(2)5-3-12(23)14-13(24)4-6-22(20-14)11-7-10(8-19-9-11)15(16,17)18/h3-9H,1-2H3/b5-3+. The van der Waals surface area contributed by atoms with Crippen molar-refractivity contribution in [3.8, 4) is 5.69 Å². The van der Waals surface area contributed by atoms with Gasteiger partial charge in [0.1, 0.15) is 0 Å². The van der Waals surface area contributed by atoms with Crippen molar-refractivity contribution in [2.24, 2.45) is 0 Å². The van der Waals surface area contributed by atoms with Gasteiger partial charge < -0.3 is 4.90 Å². The van der Waals surface area contributed by atoms with E-state index < -0.39 is 28.6 Å². The smallest absolute Gasteiger partial charge is 0.383 e. The number of allylic oxidation sites excluding steroid dienone is 1. The maximum Gasteiger partial charge on any atom is 0.417 e. The molecule has 0 aliphatic carbocycles. The molecule has 9 heteroatoms. The van der Waals surface area contributed by atoms with Gasteiger partial charge in [-0.25, -0.2) is 4.68 Å². The minimum atomic E-state index is -4.56. The van der Waals surface area contributed by atoms with E-state index in [-0.39, 0.29) is 5.69 Å². The summed E-state index contributed by atoms with van der Waals surface area (Å²) in [5, 5.41) is 3.82. The number of hydrogen-bond acceptors (Lipinski definition) is 5. The lowest BCUT2D eigenvalue weighted by Gasteiger charge is -2.10. The van der Waals surface area contributed by atoms with E-state index in [2.05, 4.69) is 10.1 Å². The van der Waals surface area contributed by atoms with Crippen LogP contribution in [0.4, 0.5) is 13.2 Å². The molecule has 0 unspecified atom stereocenters. The molecular weight excluding hydrogens is 325 g/mol. The number of pyridine rings is 1. The van der Waals surface area contributed by atoms with Gasteiger partial charge in [0.05, 0.1) is 17.4 Å². The molecule has 6 nitrogen and oxygen atoms in total. The number of ketones is 1. The third-order valence-electron chi connectivity index (χ3n) is 2.88. The Labute approximate surface area is 134 Å². The highest BCUT2D eigenvalue weighted by Crippen LogP contribution is 2.29. The molecule has 126 valence electrons. The number of rotatable bonds is 4. The van der Waals surface area contributed by atoms with Gasteiger partial charge in [0.2, 0.25) is 11.2 Å². The van der Waals surface area contributed by atoms with Crippen molar-refractivity contribution in [2.45, 2.75) is 6.18 Å². The first-order valence-electron chi connectivity index (χ1n) is 6.70. The van der Waals surface area contributed by atoms with Crippen LogP contribution in [0.15, 0.2) is 47.8 Å². The lowest BCUT2D eigenvalue weighted by Crippen LogP contribution is -2.20. The summed E-state index contributed by atoms with van der Waals surface area (Å²) in [5.41, 5.74) is -2.00. The first-order valence-corrected chi connectivity index (χ1v) is 6.70. The average Bonchev–Trinajstić information content (AvgIpc) is 2.52. The van der Waals surface area contributed by atoms with Crippen LogP contribution in [-0.2, 0) is 6.18 Å². The van der Waals surface area contributed by atoms with Crippen molar-refractivity contribution in [1.29, 1.82) is 0 Å². The zero-order chi connectivity index (χ0) is 17.9. The van der Waals surface area contributed by atoms with Crippen LogP contribution in [0, 0.1) is 0 Å². The Morgan fingerprint density at radius 2 is 2.00 bits per heavy atom. The van der Waals surface area contributed by atoms with E-state index >= 15 is 0 Å². The second kappa shape index (κ2) is 6.65. The number of carbonyl (C=O) groups excluding carboxylic acids is 1. The van der Waals surface area contributed by atoms with Gasteiger partial charge in [-0.1, -0.05) is 0 Å². The van der Waals surface area contributed by atoms with E-state index in [9.17, 15) is 22.8 Å². The predicted octanol–water partition coefficient (Wildman–Crippen LogP) is 1.90. The fourth-order valence-electron chi connectivity index (χ4n) is 1.73. The van der Waals surface area contributed by atoms with Crippen molar-refractivity contribution in [1.82, 2.24) is 19.7 Å². The lowest BCUT2D eigenvalue weighted by atomic mass is 10.2. The Hall–Kier alpha value is -2.97. The van der Waals surface area contributed by atoms with Crippen LogP contribution in [0.2, 0.25) is 0 Å². The highest BCUT2D eigenvalue weighted by molar-refractivity contribution is 6.02. The van der Waals surface area contributed by atoms with Crippen LogP contribution in [0.3, 0.4) is 0 Å². The molecular formula is C15H13F3N4O2. The maximum absolute atomic E-state index is 12.7. The Morgan fingerprint density at radius 1 is 1.29 bits per heavy atom. The zero-order valence-electron chi connectivity index (χ0n) is 12.8. The van der Waals surface area contributed by atoms with Crippen LogP contribution in [0.25, 0.3) is 5.69 Å². The average molecular weight is 338 g/mol. The molecule has 2 heterocycles. The van der Waals surface area contributed by atoms with Gasteiger partial charge in [0.15, 0.2) is 5.69 Å². The van der Waals surface area contributed by atoms with Crippen molar-refractivity contribution >= 4 is 5.78 Å². The second-order valence-electron chi connectivity index (χ2n) is 5.05. The van der Waals surface area contributed by atoms with E-state index in [0.717, 1.165) is 29.1 Å². The molecule has 0 radical (unpaired) electrons. The third-order valence-corrected chi connectivity index (χ3v) is 2.88. The Bertz CT molecular complexity index is 841. The maximum atomic E-state index is 12.7. The summed E-state index contributed by atoms with van der Waals surface area (Å²) in [6.07, 6.45) is 1.03. The zero-order valence-corrected chi connectivity index (χ0v) is 12.8. The molecule has 2 rings (SSSR count). The summed E-state index contributed by atoms with van der Waals surface area (Å²) in [4.78, 5) is 28.9. The highest BCUT2D eigenvalue weighted by Gasteiger charge is 2.31. The van der Waals surface area contributed by atoms with Crippen molar-refractivity contribution in [3.05, 3.63) is 64.5 Å². The minimum Gasteiger partial charge on any atom is -0.383 e.